The van der Waals surface area contributed by atoms with Gasteiger partial charge in [-0.2, -0.15) is 0 Å². The van der Waals surface area contributed by atoms with E-state index in [0.29, 0.717) is 10.7 Å². The Morgan fingerprint density at radius 3 is 2.78 bits per heavy atom. The van der Waals surface area contributed by atoms with Gasteiger partial charge < -0.3 is 10.3 Å². The fourth-order valence-corrected chi connectivity index (χ4v) is 2.28. The van der Waals surface area contributed by atoms with E-state index in [4.69, 9.17) is 11.6 Å². The van der Waals surface area contributed by atoms with Crippen LogP contribution in [0.5, 0.6) is 0 Å². The van der Waals surface area contributed by atoms with Crippen molar-refractivity contribution in [3.8, 4) is 0 Å². The molecule has 0 radical (unpaired) electrons. The Bertz CT molecular complexity index is 655. The first kappa shape index (κ1) is 13.1. The van der Waals surface area contributed by atoms with E-state index in [-0.39, 0.29) is 11.0 Å². The number of carbonyl (C=O) groups is 1. The number of carbonyl (C=O) groups excluding carboxylic acids is 1. The monoisotopic (exact) mass is 374 g/mol. The molecule has 1 aromatic carbocycles. The van der Waals surface area contributed by atoms with Crippen LogP contribution in [0, 0.1) is 3.57 Å². The molecular formula is C12H8ClIN2O2. The van der Waals surface area contributed by atoms with Crippen LogP contribution in [0.4, 0.5) is 5.69 Å². The number of pyridine rings is 1. The maximum atomic E-state index is 11.9. The number of aromatic nitrogens is 1. The van der Waals surface area contributed by atoms with Crippen LogP contribution in [-0.2, 0) is 0 Å². The summed E-state index contributed by atoms with van der Waals surface area (Å²) in [5.41, 5.74) is 0.185. The summed E-state index contributed by atoms with van der Waals surface area (Å²) in [6, 6.07) is 6.54. The first-order valence-electron chi connectivity index (χ1n) is 5.01. The molecule has 0 aliphatic heterocycles. The van der Waals surface area contributed by atoms with Gasteiger partial charge in [0.2, 0.25) is 0 Å². The van der Waals surface area contributed by atoms with Crippen LogP contribution in [0.15, 0.2) is 41.5 Å². The maximum Gasteiger partial charge on any atom is 0.261 e. The van der Waals surface area contributed by atoms with Gasteiger partial charge in [-0.1, -0.05) is 11.6 Å². The predicted octanol–water partition coefficient (Wildman–Crippen LogP) is 2.89. The van der Waals surface area contributed by atoms with Gasteiger partial charge in [0, 0.05) is 22.0 Å². The van der Waals surface area contributed by atoms with E-state index in [2.05, 4.69) is 32.9 Å². The lowest BCUT2D eigenvalue weighted by molar-refractivity contribution is 0.102. The molecule has 0 aliphatic carbocycles. The van der Waals surface area contributed by atoms with Crippen molar-refractivity contribution in [2.24, 2.45) is 0 Å². The topological polar surface area (TPSA) is 62.0 Å². The summed E-state index contributed by atoms with van der Waals surface area (Å²) in [5, 5.41) is 3.03. The number of nitrogens with one attached hydrogen (secondary N) is 2. The molecule has 2 rings (SSSR count). The second kappa shape index (κ2) is 5.53. The molecule has 1 amide bonds. The third-order valence-corrected chi connectivity index (χ3v) is 3.23. The highest BCUT2D eigenvalue weighted by Crippen LogP contribution is 2.24. The number of halogens is 2. The molecule has 18 heavy (non-hydrogen) atoms. The number of benzene rings is 1. The highest BCUT2D eigenvalue weighted by Gasteiger charge is 2.11. The summed E-state index contributed by atoms with van der Waals surface area (Å²) in [7, 11) is 0. The van der Waals surface area contributed by atoms with E-state index in [0.717, 1.165) is 3.57 Å². The molecule has 0 fully saturated rings. The van der Waals surface area contributed by atoms with E-state index >= 15 is 0 Å². The van der Waals surface area contributed by atoms with E-state index in [9.17, 15) is 9.59 Å². The molecule has 0 unspecified atom stereocenters. The van der Waals surface area contributed by atoms with Gasteiger partial charge in [0.1, 0.15) is 5.56 Å². The average Bonchev–Trinajstić information content (AvgIpc) is 2.33. The quantitative estimate of drug-likeness (QED) is 0.794. The molecule has 2 aromatic rings. The van der Waals surface area contributed by atoms with E-state index in [1.54, 1.807) is 12.1 Å². The smallest absolute Gasteiger partial charge is 0.261 e. The Hall–Kier alpha value is -1.34. The van der Waals surface area contributed by atoms with Crippen LogP contribution in [0.2, 0.25) is 5.02 Å². The molecule has 6 heteroatoms. The highest BCUT2D eigenvalue weighted by atomic mass is 127. The summed E-state index contributed by atoms with van der Waals surface area (Å²) >= 11 is 8.12. The lowest BCUT2D eigenvalue weighted by atomic mass is 10.2. The number of anilines is 1. The maximum absolute atomic E-state index is 11.9. The molecule has 1 aromatic heterocycles. The van der Waals surface area contributed by atoms with Gasteiger partial charge in [-0.3, -0.25) is 9.59 Å². The fourth-order valence-electron chi connectivity index (χ4n) is 1.37. The van der Waals surface area contributed by atoms with E-state index in [1.165, 1.54) is 18.5 Å². The molecule has 0 saturated carbocycles. The Morgan fingerprint density at radius 1 is 1.33 bits per heavy atom. The summed E-state index contributed by atoms with van der Waals surface area (Å²) in [6.07, 6.45) is 2.83. The van der Waals surface area contributed by atoms with Gasteiger partial charge in [0.15, 0.2) is 5.43 Å². The van der Waals surface area contributed by atoms with Crippen molar-refractivity contribution in [2.75, 3.05) is 5.32 Å². The van der Waals surface area contributed by atoms with E-state index < -0.39 is 5.91 Å². The van der Waals surface area contributed by atoms with Crippen LogP contribution in [0.1, 0.15) is 10.4 Å². The van der Waals surface area contributed by atoms with Gasteiger partial charge in [-0.15, -0.1) is 0 Å². The van der Waals surface area contributed by atoms with Crippen LogP contribution in [-0.4, -0.2) is 10.9 Å². The highest BCUT2D eigenvalue weighted by molar-refractivity contribution is 14.1. The SMILES string of the molecule is O=C(Nc1ccc(I)cc1Cl)c1c[nH]ccc1=O. The van der Waals surface area contributed by atoms with Crippen molar-refractivity contribution in [1.29, 1.82) is 0 Å². The van der Waals surface area contributed by atoms with Gasteiger partial charge >= 0.3 is 0 Å². The van der Waals surface area contributed by atoms with Gasteiger partial charge in [-0.05, 0) is 40.8 Å². The van der Waals surface area contributed by atoms with Crippen molar-refractivity contribution in [3.05, 3.63) is 61.0 Å². The molecule has 0 saturated heterocycles. The Morgan fingerprint density at radius 2 is 2.11 bits per heavy atom. The lowest BCUT2D eigenvalue weighted by Crippen LogP contribution is -2.21. The molecule has 0 atom stereocenters. The first-order chi connectivity index (χ1) is 8.58. The molecular weight excluding hydrogens is 367 g/mol. The molecule has 92 valence electrons. The van der Waals surface area contributed by atoms with Crippen molar-refractivity contribution in [3.63, 3.8) is 0 Å². The molecule has 0 aliphatic rings. The van der Waals surface area contributed by atoms with Crippen molar-refractivity contribution >= 4 is 45.8 Å². The van der Waals surface area contributed by atoms with Crippen LogP contribution in [0.25, 0.3) is 0 Å². The summed E-state index contributed by atoms with van der Waals surface area (Å²) in [4.78, 5) is 26.1. The number of hydrogen-bond acceptors (Lipinski definition) is 2. The second-order valence-corrected chi connectivity index (χ2v) is 5.15. The number of rotatable bonds is 2. The molecule has 0 spiro atoms. The third kappa shape index (κ3) is 2.91. The minimum atomic E-state index is -0.486. The van der Waals surface area contributed by atoms with E-state index in [1.807, 2.05) is 6.07 Å². The van der Waals surface area contributed by atoms with Crippen molar-refractivity contribution in [1.82, 2.24) is 4.98 Å². The number of amides is 1. The van der Waals surface area contributed by atoms with Crippen LogP contribution >= 0.6 is 34.2 Å². The number of aromatic amines is 1. The third-order valence-electron chi connectivity index (χ3n) is 2.25. The Balaban J connectivity index is 2.27. The Labute approximate surface area is 122 Å². The predicted molar refractivity (Wildman–Crippen MR) is 79.2 cm³/mol. The average molecular weight is 375 g/mol. The lowest BCUT2D eigenvalue weighted by Gasteiger charge is -2.06. The largest absolute Gasteiger partial charge is 0.367 e. The van der Waals surface area contributed by atoms with Gasteiger partial charge in [0.25, 0.3) is 5.91 Å². The normalized spacial score (nSPS) is 10.1. The number of H-pyrrole nitrogens is 1. The molecule has 0 bridgehead atoms. The molecule has 2 N–H and O–H groups in total. The van der Waals surface area contributed by atoms with Crippen LogP contribution < -0.4 is 10.7 Å². The van der Waals surface area contributed by atoms with Gasteiger partial charge in [0.05, 0.1) is 10.7 Å². The standard InChI is InChI=1S/C12H8ClIN2O2/c13-9-5-7(14)1-2-10(9)16-12(18)8-6-15-4-3-11(8)17/h1-6H,(H,15,17)(H,16,18). The minimum Gasteiger partial charge on any atom is -0.367 e. The first-order valence-corrected chi connectivity index (χ1v) is 6.47. The zero-order valence-corrected chi connectivity index (χ0v) is 11.9. The fraction of sp³-hybridized carbons (Fsp3) is 0. The van der Waals surface area contributed by atoms with Crippen LogP contribution in [0.3, 0.4) is 0 Å². The summed E-state index contributed by atoms with van der Waals surface area (Å²) < 4.78 is 0.966. The second-order valence-electron chi connectivity index (χ2n) is 3.50. The number of hydrogen-bond donors (Lipinski definition) is 2. The van der Waals surface area contributed by atoms with Crippen molar-refractivity contribution in [2.45, 2.75) is 0 Å². The molecule has 1 heterocycles. The zero-order chi connectivity index (χ0) is 13.1. The minimum absolute atomic E-state index is 0.0483. The summed E-state index contributed by atoms with van der Waals surface area (Å²) in [6.45, 7) is 0. The summed E-state index contributed by atoms with van der Waals surface area (Å²) in [5.74, 6) is -0.486. The molecule has 4 nitrogen and oxygen atoms in total. The Kier molecular flexibility index (Phi) is 4.03. The van der Waals surface area contributed by atoms with Crippen molar-refractivity contribution < 1.29 is 4.79 Å². The van der Waals surface area contributed by atoms with Gasteiger partial charge in [-0.25, -0.2) is 0 Å². The zero-order valence-electron chi connectivity index (χ0n) is 9.04.